The smallest absolute Gasteiger partial charge is 0.318 e. The average molecular weight is 610 g/mol. The Labute approximate surface area is 266 Å². The number of hydrogen-bond acceptors (Lipinski definition) is 8. The Bertz CT molecular complexity index is 1590. The van der Waals surface area contributed by atoms with Crippen molar-refractivity contribution in [1.29, 1.82) is 0 Å². The molecule has 0 N–H and O–H groups in total. The summed E-state index contributed by atoms with van der Waals surface area (Å²) >= 11 is 0. The van der Waals surface area contributed by atoms with Crippen molar-refractivity contribution in [3.63, 3.8) is 0 Å². The summed E-state index contributed by atoms with van der Waals surface area (Å²) in [6.45, 7) is 20.9. The van der Waals surface area contributed by atoms with Crippen LogP contribution in [0.15, 0.2) is 49.1 Å². The van der Waals surface area contributed by atoms with Crippen molar-refractivity contribution in [2.45, 2.75) is 51.4 Å². The van der Waals surface area contributed by atoms with Crippen molar-refractivity contribution in [2.75, 3.05) is 69.4 Å². The molecule has 0 saturated carbocycles. The van der Waals surface area contributed by atoms with Crippen molar-refractivity contribution in [3.8, 4) is 6.01 Å². The molecule has 3 aliphatic rings. The van der Waals surface area contributed by atoms with Gasteiger partial charge in [-0.05, 0) is 56.8 Å². The first kappa shape index (κ1) is 30.8. The third-order valence-electron chi connectivity index (χ3n) is 9.63. The molecule has 3 aromatic rings. The van der Waals surface area contributed by atoms with Gasteiger partial charge in [-0.1, -0.05) is 36.9 Å². The third-order valence-corrected chi connectivity index (χ3v) is 9.63. The van der Waals surface area contributed by atoms with Gasteiger partial charge in [0.1, 0.15) is 18.5 Å². The second-order valence-electron chi connectivity index (χ2n) is 12.4. The van der Waals surface area contributed by atoms with Crippen LogP contribution in [0.1, 0.15) is 30.2 Å². The van der Waals surface area contributed by atoms with Crippen molar-refractivity contribution >= 4 is 28.2 Å². The van der Waals surface area contributed by atoms with E-state index >= 15 is 0 Å². The van der Waals surface area contributed by atoms with Gasteiger partial charge in [0.15, 0.2) is 0 Å². The SMILES string of the molecule is [C-]#[N+]C[C@H]1CN(c2nc(OC[C@H](C)N(C)C3CCOC3)nc3c2CCN(c2cccc4cccc(C)c24)C3)CCN1C(=O)C=C. The number of likely N-dealkylation sites (N-methyl/N-ethyl adjacent to an activating group) is 1. The van der Waals surface area contributed by atoms with E-state index < -0.39 is 0 Å². The van der Waals surface area contributed by atoms with Gasteiger partial charge >= 0.3 is 6.01 Å². The summed E-state index contributed by atoms with van der Waals surface area (Å²) in [6.07, 6.45) is 3.15. The predicted molar refractivity (Wildman–Crippen MR) is 177 cm³/mol. The van der Waals surface area contributed by atoms with Crippen LogP contribution in [0.2, 0.25) is 0 Å². The molecule has 10 nitrogen and oxygen atoms in total. The molecule has 3 atom stereocenters. The van der Waals surface area contributed by atoms with Crippen molar-refractivity contribution in [1.82, 2.24) is 19.8 Å². The molecule has 2 saturated heterocycles. The minimum atomic E-state index is -0.238. The van der Waals surface area contributed by atoms with Crippen LogP contribution in [-0.4, -0.2) is 103 Å². The Morgan fingerprint density at radius 3 is 2.80 bits per heavy atom. The van der Waals surface area contributed by atoms with Crippen LogP contribution in [0.3, 0.4) is 0 Å². The largest absolute Gasteiger partial charge is 0.462 e. The van der Waals surface area contributed by atoms with Gasteiger partial charge in [0, 0.05) is 61.5 Å². The topological polar surface area (TPSA) is 78.6 Å². The van der Waals surface area contributed by atoms with E-state index in [9.17, 15) is 4.79 Å². The van der Waals surface area contributed by atoms with E-state index in [0.717, 1.165) is 49.7 Å². The predicted octanol–water partition coefficient (Wildman–Crippen LogP) is 4.11. The molecular formula is C35H43N7O3. The van der Waals surface area contributed by atoms with Gasteiger partial charge in [0.25, 0.3) is 0 Å². The van der Waals surface area contributed by atoms with Crippen molar-refractivity contribution < 1.29 is 14.3 Å². The van der Waals surface area contributed by atoms with E-state index in [2.05, 4.69) is 83.4 Å². The van der Waals surface area contributed by atoms with Gasteiger partial charge in [-0.15, -0.1) is 0 Å². The van der Waals surface area contributed by atoms with Gasteiger partial charge in [-0.3, -0.25) is 9.69 Å². The van der Waals surface area contributed by atoms with Gasteiger partial charge in [-0.2, -0.15) is 9.97 Å². The fourth-order valence-corrected chi connectivity index (χ4v) is 6.92. The number of carbonyl (C=O) groups excluding carboxylic acids is 1. The second-order valence-corrected chi connectivity index (χ2v) is 12.4. The summed E-state index contributed by atoms with van der Waals surface area (Å²) < 4.78 is 12.0. The molecule has 6 rings (SSSR count). The van der Waals surface area contributed by atoms with Crippen LogP contribution in [0, 0.1) is 13.5 Å². The average Bonchev–Trinajstić information content (AvgIpc) is 3.61. The molecule has 10 heteroatoms. The van der Waals surface area contributed by atoms with Crippen LogP contribution in [0.4, 0.5) is 11.5 Å². The molecule has 0 spiro atoms. The monoisotopic (exact) mass is 609 g/mol. The highest BCUT2D eigenvalue weighted by Crippen LogP contribution is 2.36. The van der Waals surface area contributed by atoms with Gasteiger partial charge in [0.05, 0.1) is 18.8 Å². The maximum atomic E-state index is 12.6. The van der Waals surface area contributed by atoms with Crippen LogP contribution in [0.25, 0.3) is 15.6 Å². The first-order valence-corrected chi connectivity index (χ1v) is 15.9. The highest BCUT2D eigenvalue weighted by atomic mass is 16.5. The maximum Gasteiger partial charge on any atom is 0.318 e. The molecule has 1 unspecified atom stereocenters. The van der Waals surface area contributed by atoms with Gasteiger partial charge < -0.3 is 29.0 Å². The Balaban J connectivity index is 1.31. The zero-order valence-electron chi connectivity index (χ0n) is 26.6. The van der Waals surface area contributed by atoms with E-state index in [1.807, 2.05) is 0 Å². The number of aromatic nitrogens is 2. The number of hydrogen-bond donors (Lipinski definition) is 0. The summed E-state index contributed by atoms with van der Waals surface area (Å²) in [6, 6.07) is 13.6. The number of benzene rings is 2. The van der Waals surface area contributed by atoms with Crippen LogP contribution < -0.4 is 14.5 Å². The summed E-state index contributed by atoms with van der Waals surface area (Å²) in [7, 11) is 2.12. The summed E-state index contributed by atoms with van der Waals surface area (Å²) in [5.41, 5.74) is 4.55. The molecule has 3 aliphatic heterocycles. The molecular weight excluding hydrogens is 566 g/mol. The van der Waals surface area contributed by atoms with Crippen LogP contribution in [0.5, 0.6) is 6.01 Å². The first-order valence-electron chi connectivity index (χ1n) is 15.9. The number of nitrogens with zero attached hydrogens (tertiary/aromatic N) is 7. The lowest BCUT2D eigenvalue weighted by Crippen LogP contribution is -2.56. The number of ether oxygens (including phenoxy) is 2. The molecule has 4 heterocycles. The fourth-order valence-electron chi connectivity index (χ4n) is 6.92. The van der Waals surface area contributed by atoms with E-state index in [-0.39, 0.29) is 24.5 Å². The lowest BCUT2D eigenvalue weighted by Gasteiger charge is -2.41. The Morgan fingerprint density at radius 1 is 1.22 bits per heavy atom. The maximum absolute atomic E-state index is 12.6. The zero-order valence-corrected chi connectivity index (χ0v) is 26.6. The quantitative estimate of drug-likeness (QED) is 0.265. The first-order chi connectivity index (χ1) is 21.9. The summed E-state index contributed by atoms with van der Waals surface area (Å²) in [5.74, 6) is 0.721. The molecule has 0 bridgehead atoms. The third kappa shape index (κ3) is 6.33. The number of aryl methyl sites for hydroxylation is 1. The molecule has 2 aromatic carbocycles. The highest BCUT2D eigenvalue weighted by Gasteiger charge is 2.35. The fraction of sp³-hybridized carbons (Fsp3) is 0.486. The minimum Gasteiger partial charge on any atom is -0.462 e. The Hall–Kier alpha value is -4.20. The minimum absolute atomic E-state index is 0.135. The molecule has 0 aliphatic carbocycles. The number of piperazine rings is 1. The van der Waals surface area contributed by atoms with Gasteiger partial charge in [-0.25, -0.2) is 6.57 Å². The second kappa shape index (κ2) is 13.4. The normalized spacial score (nSPS) is 20.6. The molecule has 45 heavy (non-hydrogen) atoms. The number of anilines is 2. The molecule has 236 valence electrons. The van der Waals surface area contributed by atoms with E-state index in [0.29, 0.717) is 44.8 Å². The number of carbonyl (C=O) groups is 1. The standard InChI is InChI=1S/C35H43N7O3/c1-6-32(43)42-17-16-41(20-28(42)19-36-4)34-29-13-15-40(31-12-8-11-26-10-7-9-24(2)33(26)31)21-30(29)37-35(38-34)45-22-25(3)39(5)27-14-18-44-23-27/h6-12,25,27-28H,1,13-23H2,2-3,5H3/t25-,27?,28-/m0/s1. The van der Waals surface area contributed by atoms with E-state index in [1.54, 1.807) is 4.90 Å². The molecule has 2 fully saturated rings. The van der Waals surface area contributed by atoms with Gasteiger partial charge in [0.2, 0.25) is 12.5 Å². The molecule has 1 amide bonds. The number of fused-ring (bicyclic) bond motifs is 2. The summed E-state index contributed by atoms with van der Waals surface area (Å²) in [4.78, 5) is 35.0. The van der Waals surface area contributed by atoms with E-state index in [1.165, 1.54) is 28.1 Å². The highest BCUT2D eigenvalue weighted by molar-refractivity contribution is 5.97. The zero-order chi connectivity index (χ0) is 31.5. The number of amides is 1. The number of rotatable bonds is 9. The van der Waals surface area contributed by atoms with Crippen molar-refractivity contribution in [2.24, 2.45) is 0 Å². The van der Waals surface area contributed by atoms with E-state index in [4.69, 9.17) is 26.0 Å². The van der Waals surface area contributed by atoms with Crippen LogP contribution >= 0.6 is 0 Å². The lowest BCUT2D eigenvalue weighted by atomic mass is 9.99. The Kier molecular flexibility index (Phi) is 9.19. The summed E-state index contributed by atoms with van der Waals surface area (Å²) in [5, 5.41) is 2.50. The lowest BCUT2D eigenvalue weighted by molar-refractivity contribution is -0.128. The Morgan fingerprint density at radius 2 is 2.04 bits per heavy atom. The molecule has 1 aromatic heterocycles. The van der Waals surface area contributed by atoms with Crippen LogP contribution in [-0.2, 0) is 22.5 Å². The van der Waals surface area contributed by atoms with Crippen molar-refractivity contribution in [3.05, 3.63) is 77.3 Å². The molecule has 0 radical (unpaired) electrons.